The first kappa shape index (κ1) is 11.1. The second-order valence-electron chi connectivity index (χ2n) is 4.12. The van der Waals surface area contributed by atoms with Gasteiger partial charge in [0.1, 0.15) is 6.10 Å². The molecule has 0 spiro atoms. The predicted molar refractivity (Wildman–Crippen MR) is 69.7 cm³/mol. The van der Waals surface area contributed by atoms with Crippen molar-refractivity contribution >= 4 is 28.8 Å². The molecular weight excluding hydrogens is 250 g/mol. The number of nitrogens with two attached hydrogens (primary N) is 1. The van der Waals surface area contributed by atoms with E-state index in [9.17, 15) is 4.79 Å². The Balaban J connectivity index is 2.43. The maximum absolute atomic E-state index is 11.4. The third kappa shape index (κ3) is 1.64. The lowest BCUT2D eigenvalue weighted by atomic mass is 9.97. The van der Waals surface area contributed by atoms with Gasteiger partial charge < -0.3 is 10.5 Å². The number of ether oxygens (including phenoxy) is 1. The lowest BCUT2D eigenvalue weighted by Crippen LogP contribution is -2.41. The van der Waals surface area contributed by atoms with Crippen LogP contribution in [0, 0.1) is 0 Å². The van der Waals surface area contributed by atoms with Gasteiger partial charge in [0.15, 0.2) is 5.76 Å². The van der Waals surface area contributed by atoms with Crippen LogP contribution in [0.5, 0.6) is 0 Å². The Kier molecular flexibility index (Phi) is 2.49. The van der Waals surface area contributed by atoms with E-state index >= 15 is 0 Å². The average Bonchev–Trinajstić information content (AvgIpc) is 2.37. The number of benzene rings is 1. The molecule has 3 rings (SSSR count). The molecule has 1 aliphatic heterocycles. The number of carbonyl (C=O) groups excluding carboxylic acids is 1. The van der Waals surface area contributed by atoms with Crippen LogP contribution in [0.15, 0.2) is 47.5 Å². The number of rotatable bonds is 1. The van der Waals surface area contributed by atoms with E-state index in [1.165, 1.54) is 0 Å². The van der Waals surface area contributed by atoms with E-state index in [-0.39, 0.29) is 11.9 Å². The quantitative estimate of drug-likeness (QED) is 0.800. The zero-order chi connectivity index (χ0) is 12.7. The van der Waals surface area contributed by atoms with Gasteiger partial charge in [0, 0.05) is 15.8 Å². The van der Waals surface area contributed by atoms with Crippen molar-refractivity contribution in [1.82, 2.24) is 0 Å². The van der Waals surface area contributed by atoms with Crippen molar-refractivity contribution in [2.75, 3.05) is 0 Å². The van der Waals surface area contributed by atoms with Gasteiger partial charge in [-0.15, -0.1) is 0 Å². The largest absolute Gasteiger partial charge is 0.475 e. The second kappa shape index (κ2) is 4.03. The van der Waals surface area contributed by atoms with Crippen molar-refractivity contribution in [3.63, 3.8) is 0 Å². The molecule has 2 aliphatic rings. The minimum atomic E-state index is -0.560. The van der Waals surface area contributed by atoms with Crippen molar-refractivity contribution < 1.29 is 9.53 Å². The lowest BCUT2D eigenvalue weighted by Gasteiger charge is -2.24. The van der Waals surface area contributed by atoms with Gasteiger partial charge in [0.05, 0.1) is 0 Å². The molecule has 0 radical (unpaired) electrons. The van der Waals surface area contributed by atoms with Gasteiger partial charge in [-0.2, -0.15) is 0 Å². The smallest absolute Gasteiger partial charge is 0.284 e. The number of hydrogen-bond acceptors (Lipinski definition) is 2. The molecule has 0 bridgehead atoms. The molecule has 1 aromatic carbocycles. The first-order chi connectivity index (χ1) is 8.66. The summed E-state index contributed by atoms with van der Waals surface area (Å²) in [6, 6.07) is 7.50. The highest BCUT2D eigenvalue weighted by atomic mass is 35.5. The normalized spacial score (nSPS) is 20.7. The highest BCUT2D eigenvalue weighted by Crippen LogP contribution is 2.24. The van der Waals surface area contributed by atoms with E-state index in [0.29, 0.717) is 10.3 Å². The molecule has 0 fully saturated rings. The van der Waals surface area contributed by atoms with Crippen LogP contribution in [-0.4, -0.2) is 12.0 Å². The van der Waals surface area contributed by atoms with E-state index in [0.717, 1.165) is 10.8 Å². The van der Waals surface area contributed by atoms with Gasteiger partial charge in [-0.1, -0.05) is 35.9 Å². The van der Waals surface area contributed by atoms with Crippen LogP contribution in [0.25, 0.3) is 11.3 Å². The number of carbonyl (C=O) groups is 1. The Morgan fingerprint density at radius 1 is 1.28 bits per heavy atom. The van der Waals surface area contributed by atoms with Crippen LogP contribution >= 0.6 is 11.6 Å². The molecule has 90 valence electrons. The number of halogens is 1. The van der Waals surface area contributed by atoms with Gasteiger partial charge in [-0.05, 0) is 23.4 Å². The van der Waals surface area contributed by atoms with Gasteiger partial charge in [0.2, 0.25) is 0 Å². The van der Waals surface area contributed by atoms with Crippen LogP contribution in [0.4, 0.5) is 0 Å². The summed E-state index contributed by atoms with van der Waals surface area (Å²) in [5.74, 6) is -0.356. The maximum atomic E-state index is 11.4. The zero-order valence-corrected chi connectivity index (χ0v) is 10.1. The molecule has 18 heavy (non-hydrogen) atoms. The summed E-state index contributed by atoms with van der Waals surface area (Å²) >= 11 is 6.00. The fourth-order valence-corrected chi connectivity index (χ4v) is 2.40. The Hall–Kier alpha value is -2.00. The molecule has 2 N–H and O–H groups in total. The summed E-state index contributed by atoms with van der Waals surface area (Å²) < 4.78 is 5.64. The molecule has 1 atom stereocenters. The van der Waals surface area contributed by atoms with Gasteiger partial charge in [-0.3, -0.25) is 4.79 Å². The summed E-state index contributed by atoms with van der Waals surface area (Å²) in [5, 5.41) is 2.29. The molecule has 1 aromatic rings. The fraction of sp³-hybridized carbons (Fsp3) is 0.0714. The van der Waals surface area contributed by atoms with Crippen molar-refractivity contribution in [3.8, 4) is 0 Å². The molecule has 0 saturated heterocycles. The van der Waals surface area contributed by atoms with E-state index in [2.05, 4.69) is 0 Å². The average molecular weight is 260 g/mol. The van der Waals surface area contributed by atoms with Crippen LogP contribution in [-0.2, 0) is 9.53 Å². The Bertz CT molecular complexity index is 716. The van der Waals surface area contributed by atoms with Crippen molar-refractivity contribution in [1.29, 1.82) is 0 Å². The topological polar surface area (TPSA) is 52.3 Å². The van der Waals surface area contributed by atoms with E-state index in [4.69, 9.17) is 22.1 Å². The Morgan fingerprint density at radius 2 is 2.00 bits per heavy atom. The molecular formula is C14H10ClNO2. The highest BCUT2D eigenvalue weighted by molar-refractivity contribution is 6.32. The van der Waals surface area contributed by atoms with E-state index in [1.807, 2.05) is 36.4 Å². The van der Waals surface area contributed by atoms with Crippen LogP contribution in [0.2, 0.25) is 0 Å². The molecule has 0 aromatic heterocycles. The first-order valence-corrected chi connectivity index (χ1v) is 5.90. The number of allylic oxidation sites excluding steroid dienone is 2. The SMILES string of the molecule is NC(=O)C1=c2ccccc2=C2C=C(Cl)C=CC2O1. The second-order valence-corrected chi connectivity index (χ2v) is 4.56. The minimum Gasteiger partial charge on any atom is -0.475 e. The van der Waals surface area contributed by atoms with Gasteiger partial charge >= 0.3 is 0 Å². The summed E-state index contributed by atoms with van der Waals surface area (Å²) in [7, 11) is 0. The number of primary amides is 1. The molecule has 1 heterocycles. The highest BCUT2D eigenvalue weighted by Gasteiger charge is 2.24. The molecule has 1 unspecified atom stereocenters. The van der Waals surface area contributed by atoms with Gasteiger partial charge in [0.25, 0.3) is 5.91 Å². The molecule has 0 saturated carbocycles. The fourth-order valence-electron chi connectivity index (χ4n) is 2.21. The monoisotopic (exact) mass is 259 g/mol. The van der Waals surface area contributed by atoms with Gasteiger partial charge in [-0.25, -0.2) is 0 Å². The zero-order valence-electron chi connectivity index (χ0n) is 9.39. The summed E-state index contributed by atoms with van der Waals surface area (Å²) in [6.45, 7) is 0. The maximum Gasteiger partial charge on any atom is 0.284 e. The lowest BCUT2D eigenvalue weighted by molar-refractivity contribution is -0.115. The van der Waals surface area contributed by atoms with Crippen molar-refractivity contribution in [2.24, 2.45) is 5.73 Å². The van der Waals surface area contributed by atoms with E-state index < -0.39 is 5.91 Å². The third-order valence-electron chi connectivity index (χ3n) is 2.98. The third-order valence-corrected chi connectivity index (χ3v) is 3.22. The molecule has 3 nitrogen and oxygen atoms in total. The van der Waals surface area contributed by atoms with Crippen LogP contribution < -0.4 is 16.2 Å². The molecule has 1 aliphatic carbocycles. The Morgan fingerprint density at radius 3 is 2.72 bits per heavy atom. The van der Waals surface area contributed by atoms with E-state index in [1.54, 1.807) is 6.08 Å². The molecule has 4 heteroatoms. The van der Waals surface area contributed by atoms with Crippen molar-refractivity contribution in [2.45, 2.75) is 6.10 Å². The van der Waals surface area contributed by atoms with Crippen LogP contribution in [0.3, 0.4) is 0 Å². The summed E-state index contributed by atoms with van der Waals surface area (Å²) in [5.41, 5.74) is 6.30. The summed E-state index contributed by atoms with van der Waals surface area (Å²) in [6.07, 6.45) is 5.12. The Labute approximate surface area is 108 Å². The number of hydrogen-bond donors (Lipinski definition) is 1. The summed E-state index contributed by atoms with van der Waals surface area (Å²) in [4.78, 5) is 11.4. The minimum absolute atomic E-state index is 0.204. The molecule has 1 amide bonds. The van der Waals surface area contributed by atoms with Crippen LogP contribution in [0.1, 0.15) is 0 Å². The van der Waals surface area contributed by atoms with Crippen molar-refractivity contribution in [3.05, 3.63) is 58.0 Å². The number of amides is 1. The predicted octanol–water partition coefficient (Wildman–Crippen LogP) is 0.522. The standard InChI is InChI=1S/C14H10ClNO2/c15-8-5-6-12-11(7-8)9-3-1-2-4-10(9)13(18-12)14(16)17/h1-7,12H,(H2,16,17). The number of fused-ring (bicyclic) bond motifs is 2. The first-order valence-electron chi connectivity index (χ1n) is 5.52.